The Kier molecular flexibility index (Phi) is 6.46. The summed E-state index contributed by atoms with van der Waals surface area (Å²) in [6.07, 6.45) is 0.650. The number of thiazole rings is 1. The van der Waals surface area contributed by atoms with Crippen molar-refractivity contribution in [3.05, 3.63) is 93.3 Å². The second-order valence-electron chi connectivity index (χ2n) is 7.73. The SMILES string of the molecule is COc1ccc(C2CC(c3ccc(Cl)cc3Cl)=NN2c2nc(-c3ccccc3)cs2)cc1OC. The number of rotatable bonds is 6. The van der Waals surface area contributed by atoms with E-state index in [-0.39, 0.29) is 6.04 Å². The molecule has 0 radical (unpaired) electrons. The molecular formula is C26H21Cl2N3O2S. The number of anilines is 1. The molecule has 0 saturated carbocycles. The zero-order chi connectivity index (χ0) is 23.7. The van der Waals surface area contributed by atoms with Crippen molar-refractivity contribution >= 4 is 45.4 Å². The fraction of sp³-hybridized carbons (Fsp3) is 0.154. The van der Waals surface area contributed by atoms with Crippen LogP contribution in [0.2, 0.25) is 10.0 Å². The summed E-state index contributed by atoms with van der Waals surface area (Å²) in [5, 5.41) is 11.0. The van der Waals surface area contributed by atoms with Gasteiger partial charge < -0.3 is 9.47 Å². The Morgan fingerprint density at radius 3 is 2.47 bits per heavy atom. The number of ether oxygens (including phenoxy) is 2. The van der Waals surface area contributed by atoms with Crippen LogP contribution in [0.25, 0.3) is 11.3 Å². The maximum Gasteiger partial charge on any atom is 0.207 e. The number of benzene rings is 3. The van der Waals surface area contributed by atoms with Gasteiger partial charge in [-0.15, -0.1) is 11.3 Å². The Morgan fingerprint density at radius 2 is 1.74 bits per heavy atom. The molecule has 0 amide bonds. The molecule has 4 aromatic rings. The van der Waals surface area contributed by atoms with E-state index in [1.54, 1.807) is 31.6 Å². The van der Waals surface area contributed by atoms with Gasteiger partial charge in [-0.3, -0.25) is 0 Å². The molecular weight excluding hydrogens is 489 g/mol. The third-order valence-corrected chi connectivity index (χ3v) is 7.08. The summed E-state index contributed by atoms with van der Waals surface area (Å²) < 4.78 is 11.0. The Hall–Kier alpha value is -3.06. The highest BCUT2D eigenvalue weighted by molar-refractivity contribution is 7.14. The zero-order valence-electron chi connectivity index (χ0n) is 18.5. The van der Waals surface area contributed by atoms with E-state index in [1.807, 2.05) is 53.5 Å². The van der Waals surface area contributed by atoms with Crippen molar-refractivity contribution in [3.8, 4) is 22.8 Å². The smallest absolute Gasteiger partial charge is 0.207 e. The van der Waals surface area contributed by atoms with Crippen LogP contribution in [0.3, 0.4) is 0 Å². The van der Waals surface area contributed by atoms with Crippen LogP contribution < -0.4 is 14.5 Å². The zero-order valence-corrected chi connectivity index (χ0v) is 20.9. The molecule has 1 aliphatic rings. The summed E-state index contributed by atoms with van der Waals surface area (Å²) in [6, 6.07) is 21.5. The van der Waals surface area contributed by atoms with E-state index in [9.17, 15) is 0 Å². The first-order chi connectivity index (χ1) is 16.6. The Morgan fingerprint density at radius 1 is 0.941 bits per heavy atom. The molecule has 3 aromatic carbocycles. The maximum absolute atomic E-state index is 6.54. The van der Waals surface area contributed by atoms with E-state index in [4.69, 9.17) is 42.8 Å². The van der Waals surface area contributed by atoms with Gasteiger partial charge in [-0.2, -0.15) is 5.10 Å². The summed E-state index contributed by atoms with van der Waals surface area (Å²) in [6.45, 7) is 0. The Labute approximate surface area is 212 Å². The fourth-order valence-corrected chi connectivity index (χ4v) is 5.35. The van der Waals surface area contributed by atoms with E-state index < -0.39 is 0 Å². The lowest BCUT2D eigenvalue weighted by Crippen LogP contribution is -2.18. The van der Waals surface area contributed by atoms with Gasteiger partial charge in [-0.1, -0.05) is 65.7 Å². The van der Waals surface area contributed by atoms with Crippen LogP contribution in [-0.2, 0) is 0 Å². The van der Waals surface area contributed by atoms with E-state index in [0.717, 1.165) is 33.2 Å². The predicted molar refractivity (Wildman–Crippen MR) is 140 cm³/mol. The number of aromatic nitrogens is 1. The van der Waals surface area contributed by atoms with Crippen LogP contribution in [-0.4, -0.2) is 24.9 Å². The molecule has 1 unspecified atom stereocenters. The second kappa shape index (κ2) is 9.66. The molecule has 2 heterocycles. The minimum atomic E-state index is -0.0867. The molecule has 1 aliphatic heterocycles. The highest BCUT2D eigenvalue weighted by atomic mass is 35.5. The number of hydrogen-bond donors (Lipinski definition) is 0. The third-order valence-electron chi connectivity index (χ3n) is 5.70. The van der Waals surface area contributed by atoms with Crippen molar-refractivity contribution in [3.63, 3.8) is 0 Å². The first-order valence-electron chi connectivity index (χ1n) is 10.6. The van der Waals surface area contributed by atoms with Crippen LogP contribution in [0.1, 0.15) is 23.6 Å². The first kappa shape index (κ1) is 22.7. The molecule has 0 bridgehead atoms. The normalized spacial score (nSPS) is 15.4. The third kappa shape index (κ3) is 4.37. The van der Waals surface area contributed by atoms with Gasteiger partial charge in [0.1, 0.15) is 0 Å². The van der Waals surface area contributed by atoms with Crippen molar-refractivity contribution in [1.82, 2.24) is 4.98 Å². The van der Waals surface area contributed by atoms with Crippen LogP contribution in [0.4, 0.5) is 5.13 Å². The lowest BCUT2D eigenvalue weighted by atomic mass is 9.98. The van der Waals surface area contributed by atoms with Gasteiger partial charge in [0.05, 0.1) is 36.7 Å². The van der Waals surface area contributed by atoms with Crippen molar-refractivity contribution in [2.45, 2.75) is 12.5 Å². The van der Waals surface area contributed by atoms with Crippen molar-refractivity contribution in [2.24, 2.45) is 5.10 Å². The van der Waals surface area contributed by atoms with E-state index in [1.165, 1.54) is 0 Å². The van der Waals surface area contributed by atoms with Gasteiger partial charge in [0.15, 0.2) is 11.5 Å². The quantitative estimate of drug-likeness (QED) is 0.270. The van der Waals surface area contributed by atoms with Gasteiger partial charge in [0.25, 0.3) is 0 Å². The molecule has 0 N–H and O–H groups in total. The molecule has 0 aliphatic carbocycles. The molecule has 5 rings (SSSR count). The van der Waals surface area contributed by atoms with Gasteiger partial charge in [0.2, 0.25) is 5.13 Å². The van der Waals surface area contributed by atoms with E-state index >= 15 is 0 Å². The summed E-state index contributed by atoms with van der Waals surface area (Å²) in [5.74, 6) is 1.35. The maximum atomic E-state index is 6.54. The van der Waals surface area contributed by atoms with Crippen LogP contribution in [0.15, 0.2) is 77.2 Å². The molecule has 0 saturated heterocycles. The highest BCUT2D eigenvalue weighted by Crippen LogP contribution is 2.42. The average Bonchev–Trinajstić information content (AvgIpc) is 3.52. The van der Waals surface area contributed by atoms with Crippen molar-refractivity contribution < 1.29 is 9.47 Å². The summed E-state index contributed by atoms with van der Waals surface area (Å²) in [4.78, 5) is 4.91. The number of halogens is 2. The van der Waals surface area contributed by atoms with Crippen molar-refractivity contribution in [1.29, 1.82) is 0 Å². The molecule has 8 heteroatoms. The second-order valence-corrected chi connectivity index (χ2v) is 9.41. The molecule has 0 spiro atoms. The van der Waals surface area contributed by atoms with E-state index in [0.29, 0.717) is 28.0 Å². The molecule has 0 fully saturated rings. The number of nitrogens with zero attached hydrogens (tertiary/aromatic N) is 3. The number of methoxy groups -OCH3 is 2. The standard InChI is InChI=1S/C26H21Cl2N3O2S/c1-32-24-11-8-17(12-25(24)33-2)23-14-21(19-10-9-18(27)13-20(19)28)30-31(23)26-29-22(15-34-26)16-6-4-3-5-7-16/h3-13,15,23H,14H2,1-2H3. The van der Waals surface area contributed by atoms with Crippen LogP contribution in [0, 0.1) is 0 Å². The lowest BCUT2D eigenvalue weighted by molar-refractivity contribution is 0.354. The number of hydrogen-bond acceptors (Lipinski definition) is 6. The molecule has 1 atom stereocenters. The molecule has 34 heavy (non-hydrogen) atoms. The lowest BCUT2D eigenvalue weighted by Gasteiger charge is -2.22. The first-order valence-corrected chi connectivity index (χ1v) is 12.3. The molecule has 5 nitrogen and oxygen atoms in total. The van der Waals surface area contributed by atoms with Gasteiger partial charge >= 0.3 is 0 Å². The van der Waals surface area contributed by atoms with Crippen LogP contribution >= 0.6 is 34.5 Å². The van der Waals surface area contributed by atoms with Gasteiger partial charge in [-0.05, 0) is 29.8 Å². The Balaban J connectivity index is 1.57. The predicted octanol–water partition coefficient (Wildman–Crippen LogP) is 7.49. The highest BCUT2D eigenvalue weighted by Gasteiger charge is 2.33. The van der Waals surface area contributed by atoms with Gasteiger partial charge in [0, 0.05) is 28.0 Å². The van der Waals surface area contributed by atoms with Gasteiger partial charge in [-0.25, -0.2) is 9.99 Å². The summed E-state index contributed by atoms with van der Waals surface area (Å²) in [7, 11) is 3.26. The van der Waals surface area contributed by atoms with Crippen LogP contribution in [0.5, 0.6) is 11.5 Å². The largest absolute Gasteiger partial charge is 0.493 e. The Bertz CT molecular complexity index is 1360. The van der Waals surface area contributed by atoms with E-state index in [2.05, 4.69) is 17.5 Å². The molecule has 1 aromatic heterocycles. The van der Waals surface area contributed by atoms with Crippen molar-refractivity contribution in [2.75, 3.05) is 19.2 Å². The minimum absolute atomic E-state index is 0.0867. The topological polar surface area (TPSA) is 47.0 Å². The molecule has 172 valence electrons. The average molecular weight is 510 g/mol. The summed E-state index contributed by atoms with van der Waals surface area (Å²) >= 11 is 14.2. The fourth-order valence-electron chi connectivity index (χ4n) is 4.00. The monoisotopic (exact) mass is 509 g/mol. The summed E-state index contributed by atoms with van der Waals surface area (Å²) in [5.41, 5.74) is 4.76. The minimum Gasteiger partial charge on any atom is -0.493 e. The number of hydrazone groups is 1.